The second-order valence-corrected chi connectivity index (χ2v) is 2.45. The van der Waals surface area contributed by atoms with Crippen LogP contribution in [0.5, 0.6) is 0 Å². The maximum absolute atomic E-state index is 10.3. The smallest absolute Gasteiger partial charge is 0.203 e. The van der Waals surface area contributed by atoms with Crippen LogP contribution in [-0.2, 0) is 0 Å². The van der Waals surface area contributed by atoms with Crippen LogP contribution in [0.2, 0.25) is 0 Å². The average molecular weight is 167 g/mol. The average Bonchev–Trinajstić information content (AvgIpc) is 2.55. The van der Waals surface area contributed by atoms with Crippen molar-refractivity contribution in [2.75, 3.05) is 18.0 Å². The Morgan fingerprint density at radius 3 is 2.67 bits per heavy atom. The molecule has 66 valence electrons. The molecule has 0 aliphatic heterocycles. The van der Waals surface area contributed by atoms with Crippen LogP contribution in [0.3, 0.4) is 0 Å². The summed E-state index contributed by atoms with van der Waals surface area (Å²) in [5.74, 6) is 0.766. The van der Waals surface area contributed by atoms with Gasteiger partial charge in [-0.2, -0.15) is 0 Å². The van der Waals surface area contributed by atoms with Gasteiger partial charge in [-0.25, -0.2) is 4.98 Å². The Bertz CT molecular complexity index is 253. The van der Waals surface area contributed by atoms with E-state index in [0.29, 0.717) is 5.69 Å². The van der Waals surface area contributed by atoms with Crippen LogP contribution in [-0.4, -0.2) is 29.3 Å². The van der Waals surface area contributed by atoms with Crippen LogP contribution < -0.4 is 4.90 Å². The zero-order chi connectivity index (χ0) is 8.97. The minimum Gasteiger partial charge on any atom is -0.343 e. The molecule has 0 saturated carbocycles. The summed E-state index contributed by atoms with van der Waals surface area (Å²) < 4.78 is 0. The van der Waals surface area contributed by atoms with Gasteiger partial charge in [0.2, 0.25) is 5.95 Å². The van der Waals surface area contributed by atoms with Crippen LogP contribution in [0.1, 0.15) is 24.3 Å². The molecule has 1 aromatic heterocycles. The second-order valence-electron chi connectivity index (χ2n) is 2.45. The Balaban J connectivity index is 2.79. The number of carbonyl (C=O) groups is 1. The summed E-state index contributed by atoms with van der Waals surface area (Å²) in [5, 5.41) is 0. The van der Waals surface area contributed by atoms with Crippen molar-refractivity contribution >= 4 is 12.2 Å². The maximum atomic E-state index is 10.3. The third-order valence-electron chi connectivity index (χ3n) is 1.77. The van der Waals surface area contributed by atoms with E-state index in [4.69, 9.17) is 0 Å². The molecule has 12 heavy (non-hydrogen) atoms. The van der Waals surface area contributed by atoms with Crippen molar-refractivity contribution < 1.29 is 4.79 Å². The van der Waals surface area contributed by atoms with Crippen LogP contribution in [0.25, 0.3) is 0 Å². The number of anilines is 1. The summed E-state index contributed by atoms with van der Waals surface area (Å²) >= 11 is 0. The van der Waals surface area contributed by atoms with E-state index in [1.165, 1.54) is 0 Å². The molecule has 0 aliphatic rings. The summed E-state index contributed by atoms with van der Waals surface area (Å²) in [6, 6.07) is 0. The van der Waals surface area contributed by atoms with Gasteiger partial charge in [-0.15, -0.1) is 0 Å². The molecule has 1 rings (SSSR count). The van der Waals surface area contributed by atoms with Crippen molar-refractivity contribution in [1.82, 2.24) is 9.97 Å². The second kappa shape index (κ2) is 3.90. The van der Waals surface area contributed by atoms with Crippen LogP contribution >= 0.6 is 0 Å². The molecule has 1 heterocycles. The van der Waals surface area contributed by atoms with Gasteiger partial charge in [0.05, 0.1) is 11.9 Å². The zero-order valence-electron chi connectivity index (χ0n) is 7.37. The van der Waals surface area contributed by atoms with E-state index in [1.54, 1.807) is 6.20 Å². The lowest BCUT2D eigenvalue weighted by molar-refractivity contribution is 0.111. The zero-order valence-corrected chi connectivity index (χ0v) is 7.37. The Labute approximate surface area is 71.6 Å². The molecule has 1 N–H and O–H groups in total. The summed E-state index contributed by atoms with van der Waals surface area (Å²) in [5.41, 5.74) is 0.525. The number of imidazole rings is 1. The molecule has 0 unspecified atom stereocenters. The topological polar surface area (TPSA) is 49.0 Å². The first kappa shape index (κ1) is 8.77. The van der Waals surface area contributed by atoms with Crippen molar-refractivity contribution in [3.8, 4) is 0 Å². The molecule has 0 bridgehead atoms. The van der Waals surface area contributed by atoms with Gasteiger partial charge in [-0.3, -0.25) is 4.79 Å². The summed E-state index contributed by atoms with van der Waals surface area (Å²) in [6.45, 7) is 5.88. The summed E-state index contributed by atoms with van der Waals surface area (Å²) in [6.07, 6.45) is 2.31. The number of H-pyrrole nitrogens is 1. The minimum absolute atomic E-state index is 0.525. The van der Waals surface area contributed by atoms with Gasteiger partial charge in [0.25, 0.3) is 0 Å². The molecule has 4 heteroatoms. The highest BCUT2D eigenvalue weighted by molar-refractivity contribution is 5.72. The molecule has 4 nitrogen and oxygen atoms in total. The van der Waals surface area contributed by atoms with Crippen molar-refractivity contribution in [2.24, 2.45) is 0 Å². The quantitative estimate of drug-likeness (QED) is 0.682. The number of nitrogens with one attached hydrogen (secondary N) is 1. The molecule has 0 saturated heterocycles. The lowest BCUT2D eigenvalue weighted by Gasteiger charge is -2.16. The van der Waals surface area contributed by atoms with Gasteiger partial charge in [-0.05, 0) is 13.8 Å². The molecule has 0 spiro atoms. The summed E-state index contributed by atoms with van der Waals surface area (Å²) in [7, 11) is 0. The SMILES string of the molecule is CCN(CC)c1ncc(C=O)[nH]1. The first-order chi connectivity index (χ1) is 5.81. The number of aromatic nitrogens is 2. The summed E-state index contributed by atoms with van der Waals surface area (Å²) in [4.78, 5) is 19.4. The molecule has 0 aliphatic carbocycles. The van der Waals surface area contributed by atoms with Crippen LogP contribution in [0, 0.1) is 0 Å². The van der Waals surface area contributed by atoms with E-state index in [0.717, 1.165) is 25.3 Å². The van der Waals surface area contributed by atoms with Gasteiger partial charge in [0.1, 0.15) is 0 Å². The number of hydrogen-bond donors (Lipinski definition) is 1. The van der Waals surface area contributed by atoms with Crippen molar-refractivity contribution in [2.45, 2.75) is 13.8 Å². The molecule has 0 atom stereocenters. The van der Waals surface area contributed by atoms with Gasteiger partial charge in [-0.1, -0.05) is 0 Å². The largest absolute Gasteiger partial charge is 0.343 e. The Kier molecular flexibility index (Phi) is 2.85. The van der Waals surface area contributed by atoms with Gasteiger partial charge >= 0.3 is 0 Å². The third kappa shape index (κ3) is 1.64. The fourth-order valence-corrected chi connectivity index (χ4v) is 1.07. The number of nitrogens with zero attached hydrogens (tertiary/aromatic N) is 2. The van der Waals surface area contributed by atoms with Gasteiger partial charge < -0.3 is 9.88 Å². The number of carbonyl (C=O) groups excluding carboxylic acids is 1. The highest BCUT2D eigenvalue weighted by Crippen LogP contribution is 2.06. The molecular formula is C8H13N3O. The van der Waals surface area contributed by atoms with E-state index in [1.807, 2.05) is 18.7 Å². The number of rotatable bonds is 4. The molecule has 0 radical (unpaired) electrons. The number of aldehydes is 1. The normalized spacial score (nSPS) is 9.83. The lowest BCUT2D eigenvalue weighted by Crippen LogP contribution is -2.22. The monoisotopic (exact) mass is 167 g/mol. The van der Waals surface area contributed by atoms with E-state index in [2.05, 4.69) is 9.97 Å². The van der Waals surface area contributed by atoms with E-state index in [-0.39, 0.29) is 0 Å². The standard InChI is InChI=1S/C8H13N3O/c1-3-11(4-2)8-9-5-7(6-12)10-8/h5-6H,3-4H2,1-2H3,(H,9,10). The molecule has 0 amide bonds. The lowest BCUT2D eigenvalue weighted by atomic mass is 10.5. The van der Waals surface area contributed by atoms with Gasteiger partial charge in [0.15, 0.2) is 6.29 Å². The fraction of sp³-hybridized carbons (Fsp3) is 0.500. The highest BCUT2D eigenvalue weighted by Gasteiger charge is 2.04. The Morgan fingerprint density at radius 2 is 2.25 bits per heavy atom. The van der Waals surface area contributed by atoms with Crippen LogP contribution in [0.15, 0.2) is 6.20 Å². The first-order valence-electron chi connectivity index (χ1n) is 4.07. The van der Waals surface area contributed by atoms with Gasteiger partial charge in [0, 0.05) is 13.1 Å². The minimum atomic E-state index is 0.525. The molecule has 0 aromatic carbocycles. The van der Waals surface area contributed by atoms with Crippen molar-refractivity contribution in [3.63, 3.8) is 0 Å². The molecular weight excluding hydrogens is 154 g/mol. The third-order valence-corrected chi connectivity index (χ3v) is 1.77. The Morgan fingerprint density at radius 1 is 1.58 bits per heavy atom. The van der Waals surface area contributed by atoms with E-state index in [9.17, 15) is 4.79 Å². The van der Waals surface area contributed by atoms with Crippen molar-refractivity contribution in [1.29, 1.82) is 0 Å². The van der Waals surface area contributed by atoms with Crippen LogP contribution in [0.4, 0.5) is 5.95 Å². The van der Waals surface area contributed by atoms with E-state index < -0.39 is 0 Å². The fourth-order valence-electron chi connectivity index (χ4n) is 1.07. The predicted octanol–water partition coefficient (Wildman–Crippen LogP) is 1.07. The predicted molar refractivity (Wildman–Crippen MR) is 47.5 cm³/mol. The highest BCUT2D eigenvalue weighted by atomic mass is 16.1. The number of hydrogen-bond acceptors (Lipinski definition) is 3. The molecule has 1 aromatic rings. The molecule has 0 fully saturated rings. The maximum Gasteiger partial charge on any atom is 0.203 e. The van der Waals surface area contributed by atoms with E-state index >= 15 is 0 Å². The first-order valence-corrected chi connectivity index (χ1v) is 4.07. The number of aromatic amines is 1. The van der Waals surface area contributed by atoms with Crippen molar-refractivity contribution in [3.05, 3.63) is 11.9 Å². The Hall–Kier alpha value is -1.32.